The number of benzene rings is 1. The van der Waals surface area contributed by atoms with Gasteiger partial charge in [0.25, 0.3) is 0 Å². The molecule has 2 nitrogen and oxygen atoms in total. The molecule has 0 aliphatic rings. The SMILES string of the molecule is C=CCN(C)c1cc2ccccc2[nH]1. The molecule has 0 saturated carbocycles. The zero-order valence-electron chi connectivity index (χ0n) is 8.33. The van der Waals surface area contributed by atoms with Gasteiger partial charge >= 0.3 is 0 Å². The summed E-state index contributed by atoms with van der Waals surface area (Å²) >= 11 is 0. The molecule has 1 N–H and O–H groups in total. The summed E-state index contributed by atoms with van der Waals surface area (Å²) in [5.41, 5.74) is 1.18. The van der Waals surface area contributed by atoms with E-state index in [1.807, 2.05) is 25.3 Å². The van der Waals surface area contributed by atoms with Crippen LogP contribution in [0.25, 0.3) is 10.9 Å². The van der Waals surface area contributed by atoms with Crippen molar-refractivity contribution >= 4 is 16.7 Å². The van der Waals surface area contributed by atoms with Crippen LogP contribution in [0.3, 0.4) is 0 Å². The molecule has 0 saturated heterocycles. The van der Waals surface area contributed by atoms with E-state index in [1.165, 1.54) is 10.9 Å². The lowest BCUT2D eigenvalue weighted by Gasteiger charge is -2.13. The van der Waals surface area contributed by atoms with Crippen LogP contribution in [0.5, 0.6) is 0 Å². The normalized spacial score (nSPS) is 10.4. The molecular weight excluding hydrogens is 172 g/mol. The van der Waals surface area contributed by atoms with Crippen molar-refractivity contribution in [3.05, 3.63) is 43.0 Å². The monoisotopic (exact) mass is 186 g/mol. The highest BCUT2D eigenvalue weighted by Gasteiger charge is 2.02. The standard InChI is InChI=1S/C12H14N2/c1-3-8-14(2)12-9-10-6-4-5-7-11(10)13-12/h3-7,9,13H,1,8H2,2H3. The van der Waals surface area contributed by atoms with Crippen molar-refractivity contribution in [3.63, 3.8) is 0 Å². The first kappa shape index (κ1) is 8.88. The first-order valence-corrected chi connectivity index (χ1v) is 4.71. The lowest BCUT2D eigenvalue weighted by atomic mass is 10.2. The number of fused-ring (bicyclic) bond motifs is 1. The molecule has 2 heteroatoms. The van der Waals surface area contributed by atoms with Crippen LogP contribution in [0.2, 0.25) is 0 Å². The van der Waals surface area contributed by atoms with E-state index < -0.39 is 0 Å². The lowest BCUT2D eigenvalue weighted by Crippen LogP contribution is -2.16. The van der Waals surface area contributed by atoms with Crippen LogP contribution >= 0.6 is 0 Å². The van der Waals surface area contributed by atoms with Gasteiger partial charge in [0.15, 0.2) is 0 Å². The van der Waals surface area contributed by atoms with E-state index in [4.69, 9.17) is 0 Å². The highest BCUT2D eigenvalue weighted by Crippen LogP contribution is 2.20. The maximum Gasteiger partial charge on any atom is 0.106 e. The summed E-state index contributed by atoms with van der Waals surface area (Å²) in [7, 11) is 2.05. The van der Waals surface area contributed by atoms with Gasteiger partial charge in [-0.3, -0.25) is 0 Å². The van der Waals surface area contributed by atoms with Crippen LogP contribution in [-0.4, -0.2) is 18.6 Å². The number of anilines is 1. The van der Waals surface area contributed by atoms with E-state index in [-0.39, 0.29) is 0 Å². The molecule has 0 radical (unpaired) electrons. The molecule has 0 atom stereocenters. The van der Waals surface area contributed by atoms with E-state index >= 15 is 0 Å². The Labute approximate surface area is 83.9 Å². The summed E-state index contributed by atoms with van der Waals surface area (Å²) in [6, 6.07) is 10.4. The van der Waals surface area contributed by atoms with Crippen molar-refractivity contribution in [2.45, 2.75) is 0 Å². The van der Waals surface area contributed by atoms with Gasteiger partial charge in [-0.05, 0) is 12.1 Å². The van der Waals surface area contributed by atoms with Gasteiger partial charge in [-0.25, -0.2) is 0 Å². The predicted octanol–water partition coefficient (Wildman–Crippen LogP) is 2.79. The number of H-pyrrole nitrogens is 1. The molecule has 1 heterocycles. The third-order valence-corrected chi connectivity index (χ3v) is 2.33. The Bertz CT molecular complexity index is 409. The molecule has 1 aromatic carbocycles. The molecule has 1 aromatic heterocycles. The summed E-state index contributed by atoms with van der Waals surface area (Å²) < 4.78 is 0. The van der Waals surface area contributed by atoms with E-state index in [9.17, 15) is 0 Å². The Hall–Kier alpha value is -1.70. The first-order chi connectivity index (χ1) is 6.81. The molecule has 0 bridgehead atoms. The average molecular weight is 186 g/mol. The number of hydrogen-bond donors (Lipinski definition) is 1. The molecule has 0 unspecified atom stereocenters. The van der Waals surface area contributed by atoms with Crippen LogP contribution in [0.4, 0.5) is 5.82 Å². The molecular formula is C12H14N2. The Morgan fingerprint density at radius 1 is 1.43 bits per heavy atom. The van der Waals surface area contributed by atoms with Crippen LogP contribution in [0.1, 0.15) is 0 Å². The van der Waals surface area contributed by atoms with Gasteiger partial charge in [-0.2, -0.15) is 0 Å². The van der Waals surface area contributed by atoms with E-state index in [2.05, 4.69) is 34.7 Å². The minimum atomic E-state index is 0.854. The second-order valence-electron chi connectivity index (χ2n) is 3.41. The second kappa shape index (κ2) is 3.58. The number of aromatic amines is 1. The molecule has 0 fully saturated rings. The van der Waals surface area contributed by atoms with Crippen LogP contribution in [0, 0.1) is 0 Å². The molecule has 0 aliphatic carbocycles. The second-order valence-corrected chi connectivity index (χ2v) is 3.41. The quantitative estimate of drug-likeness (QED) is 0.730. The minimum absolute atomic E-state index is 0.854. The van der Waals surface area contributed by atoms with E-state index in [0.29, 0.717) is 0 Å². The summed E-state index contributed by atoms with van der Waals surface area (Å²) in [4.78, 5) is 5.49. The van der Waals surface area contributed by atoms with Crippen molar-refractivity contribution in [2.75, 3.05) is 18.5 Å². The number of nitrogens with zero attached hydrogens (tertiary/aromatic N) is 1. The van der Waals surface area contributed by atoms with E-state index in [0.717, 1.165) is 12.4 Å². The number of likely N-dealkylation sites (N-methyl/N-ethyl adjacent to an activating group) is 1. The van der Waals surface area contributed by atoms with Crippen molar-refractivity contribution < 1.29 is 0 Å². The Balaban J connectivity index is 2.39. The third kappa shape index (κ3) is 1.51. The molecule has 0 amide bonds. The molecule has 72 valence electrons. The Kier molecular flexibility index (Phi) is 2.27. The zero-order chi connectivity index (χ0) is 9.97. The van der Waals surface area contributed by atoms with Gasteiger partial charge in [0, 0.05) is 24.5 Å². The lowest BCUT2D eigenvalue weighted by molar-refractivity contribution is 1.01. The highest BCUT2D eigenvalue weighted by molar-refractivity contribution is 5.83. The topological polar surface area (TPSA) is 19.0 Å². The van der Waals surface area contributed by atoms with Crippen LogP contribution in [0.15, 0.2) is 43.0 Å². The summed E-state index contributed by atoms with van der Waals surface area (Å²) in [5.74, 6) is 1.13. The molecule has 0 aliphatic heterocycles. The largest absolute Gasteiger partial charge is 0.358 e. The van der Waals surface area contributed by atoms with Gasteiger partial charge < -0.3 is 9.88 Å². The van der Waals surface area contributed by atoms with Crippen molar-refractivity contribution in [3.8, 4) is 0 Å². The Morgan fingerprint density at radius 3 is 2.93 bits per heavy atom. The fraction of sp³-hybridized carbons (Fsp3) is 0.167. The average Bonchev–Trinajstić information content (AvgIpc) is 2.61. The maximum atomic E-state index is 3.72. The fourth-order valence-electron chi connectivity index (χ4n) is 1.56. The summed E-state index contributed by atoms with van der Waals surface area (Å²) in [5, 5.41) is 1.25. The minimum Gasteiger partial charge on any atom is -0.358 e. The smallest absolute Gasteiger partial charge is 0.106 e. The number of para-hydroxylation sites is 1. The summed E-state index contributed by atoms with van der Waals surface area (Å²) in [6.07, 6.45) is 1.89. The van der Waals surface area contributed by atoms with Crippen molar-refractivity contribution in [1.82, 2.24) is 4.98 Å². The third-order valence-electron chi connectivity index (χ3n) is 2.33. The molecule has 0 spiro atoms. The van der Waals surface area contributed by atoms with Gasteiger partial charge in [0.2, 0.25) is 0 Å². The van der Waals surface area contributed by atoms with Crippen molar-refractivity contribution in [1.29, 1.82) is 0 Å². The highest BCUT2D eigenvalue weighted by atomic mass is 15.2. The predicted molar refractivity (Wildman–Crippen MR) is 61.8 cm³/mol. The van der Waals surface area contributed by atoms with Crippen LogP contribution < -0.4 is 4.90 Å². The van der Waals surface area contributed by atoms with Crippen LogP contribution in [-0.2, 0) is 0 Å². The van der Waals surface area contributed by atoms with E-state index in [1.54, 1.807) is 0 Å². The number of nitrogens with one attached hydrogen (secondary N) is 1. The Morgan fingerprint density at radius 2 is 2.21 bits per heavy atom. The zero-order valence-corrected chi connectivity index (χ0v) is 8.33. The number of rotatable bonds is 3. The molecule has 2 rings (SSSR count). The summed E-state index contributed by atoms with van der Waals surface area (Å²) in [6.45, 7) is 4.58. The van der Waals surface area contributed by atoms with Gasteiger partial charge in [0.05, 0.1) is 0 Å². The molecule has 2 aromatic rings. The molecule has 14 heavy (non-hydrogen) atoms. The maximum absolute atomic E-state index is 3.72. The number of hydrogen-bond acceptors (Lipinski definition) is 1. The van der Waals surface area contributed by atoms with Gasteiger partial charge in [-0.15, -0.1) is 6.58 Å². The number of aromatic nitrogens is 1. The van der Waals surface area contributed by atoms with Gasteiger partial charge in [-0.1, -0.05) is 24.3 Å². The first-order valence-electron chi connectivity index (χ1n) is 4.71. The fourth-order valence-corrected chi connectivity index (χ4v) is 1.56. The van der Waals surface area contributed by atoms with Gasteiger partial charge in [0.1, 0.15) is 5.82 Å². The van der Waals surface area contributed by atoms with Crippen molar-refractivity contribution in [2.24, 2.45) is 0 Å².